The average Bonchev–Trinajstić information content (AvgIpc) is 2.57. The fourth-order valence-corrected chi connectivity index (χ4v) is 1.76. The highest BCUT2D eigenvalue weighted by atomic mass is 35.5. The molecule has 96 valence electrons. The van der Waals surface area contributed by atoms with Crippen LogP contribution in [0.3, 0.4) is 0 Å². The Morgan fingerprint density at radius 1 is 1.22 bits per heavy atom. The summed E-state index contributed by atoms with van der Waals surface area (Å²) in [4.78, 5) is 0. The van der Waals surface area contributed by atoms with E-state index in [4.69, 9.17) is 17.3 Å². The van der Waals surface area contributed by atoms with Crippen molar-refractivity contribution in [1.29, 1.82) is 0 Å². The number of benzene rings is 1. The maximum Gasteiger partial charge on any atom is 0.416 e. The Hall–Kier alpha value is -1.69. The average molecular weight is 276 g/mol. The van der Waals surface area contributed by atoms with E-state index >= 15 is 0 Å². The summed E-state index contributed by atoms with van der Waals surface area (Å²) in [6.07, 6.45) is -4.44. The molecule has 0 saturated heterocycles. The molecule has 0 saturated carbocycles. The molecule has 0 radical (unpaired) electrons. The van der Waals surface area contributed by atoms with Crippen LogP contribution >= 0.6 is 11.6 Å². The number of nitrogens with zero attached hydrogens (tertiary/aromatic N) is 2. The van der Waals surface area contributed by atoms with Crippen molar-refractivity contribution < 1.29 is 13.2 Å². The highest BCUT2D eigenvalue weighted by Crippen LogP contribution is 2.34. The molecule has 0 aliphatic heterocycles. The van der Waals surface area contributed by atoms with E-state index in [9.17, 15) is 13.2 Å². The topological polar surface area (TPSA) is 43.8 Å². The summed E-state index contributed by atoms with van der Waals surface area (Å²) in [5.74, 6) is 0.360. The maximum absolute atomic E-state index is 12.6. The summed E-state index contributed by atoms with van der Waals surface area (Å²) in [6.45, 7) is 0. The van der Waals surface area contributed by atoms with E-state index in [1.54, 1.807) is 7.05 Å². The van der Waals surface area contributed by atoms with Gasteiger partial charge in [-0.05, 0) is 18.2 Å². The number of nitrogen functional groups attached to an aromatic ring is 1. The van der Waals surface area contributed by atoms with Gasteiger partial charge in [-0.15, -0.1) is 0 Å². The van der Waals surface area contributed by atoms with Crippen molar-refractivity contribution in [3.05, 3.63) is 34.9 Å². The van der Waals surface area contributed by atoms with Gasteiger partial charge in [-0.3, -0.25) is 4.68 Å². The highest BCUT2D eigenvalue weighted by Gasteiger charge is 2.31. The molecule has 18 heavy (non-hydrogen) atoms. The minimum absolute atomic E-state index is 0.00375. The molecular weight excluding hydrogens is 267 g/mol. The number of hydrogen-bond acceptors (Lipinski definition) is 2. The molecule has 7 heteroatoms. The second-order valence-corrected chi connectivity index (χ2v) is 4.24. The van der Waals surface area contributed by atoms with Crippen LogP contribution in [0.5, 0.6) is 0 Å². The SMILES string of the molecule is Cn1nc(-c2cc(Cl)cc(C(F)(F)F)c2)cc1N. The summed E-state index contributed by atoms with van der Waals surface area (Å²) >= 11 is 5.69. The van der Waals surface area contributed by atoms with E-state index in [-0.39, 0.29) is 10.6 Å². The number of aryl methyl sites for hydroxylation is 1. The molecule has 2 rings (SSSR count). The largest absolute Gasteiger partial charge is 0.416 e. The molecule has 1 aromatic heterocycles. The molecule has 0 bridgehead atoms. The van der Waals surface area contributed by atoms with Crippen molar-refractivity contribution in [1.82, 2.24) is 9.78 Å². The van der Waals surface area contributed by atoms with Gasteiger partial charge < -0.3 is 5.73 Å². The lowest BCUT2D eigenvalue weighted by atomic mass is 10.1. The number of alkyl halides is 3. The summed E-state index contributed by atoms with van der Waals surface area (Å²) < 4.78 is 39.3. The van der Waals surface area contributed by atoms with Gasteiger partial charge in [0, 0.05) is 23.7 Å². The molecule has 0 spiro atoms. The predicted octanol–water partition coefficient (Wildman–Crippen LogP) is 3.34. The third-order valence-corrected chi connectivity index (χ3v) is 2.66. The minimum Gasteiger partial charge on any atom is -0.384 e. The molecule has 0 amide bonds. The molecule has 2 aromatic rings. The first kappa shape index (κ1) is 12.8. The van der Waals surface area contributed by atoms with Crippen molar-refractivity contribution in [2.45, 2.75) is 6.18 Å². The Kier molecular flexibility index (Phi) is 2.98. The highest BCUT2D eigenvalue weighted by molar-refractivity contribution is 6.31. The third kappa shape index (κ3) is 2.43. The van der Waals surface area contributed by atoms with Crippen LogP contribution in [0.15, 0.2) is 24.3 Å². The summed E-state index contributed by atoms with van der Waals surface area (Å²) in [6, 6.07) is 4.77. The van der Waals surface area contributed by atoms with Crippen LogP contribution < -0.4 is 5.73 Å². The van der Waals surface area contributed by atoms with Crippen LogP contribution in [-0.2, 0) is 13.2 Å². The fourth-order valence-electron chi connectivity index (χ4n) is 1.52. The number of rotatable bonds is 1. The molecule has 1 aromatic carbocycles. The van der Waals surface area contributed by atoms with Gasteiger partial charge in [-0.1, -0.05) is 11.6 Å². The van der Waals surface area contributed by atoms with Crippen LogP contribution in [0.2, 0.25) is 5.02 Å². The normalized spacial score (nSPS) is 11.8. The van der Waals surface area contributed by atoms with E-state index in [2.05, 4.69) is 5.10 Å². The van der Waals surface area contributed by atoms with Gasteiger partial charge in [-0.2, -0.15) is 18.3 Å². The number of nitrogens with two attached hydrogens (primary N) is 1. The molecule has 0 unspecified atom stereocenters. The molecule has 3 nitrogen and oxygen atoms in total. The predicted molar refractivity (Wildman–Crippen MR) is 63.1 cm³/mol. The number of halogens is 4. The standard InChI is InChI=1S/C11H9ClF3N3/c1-18-10(16)5-9(17-18)6-2-7(11(13,14)15)4-8(12)3-6/h2-5H,16H2,1H3. The van der Waals surface area contributed by atoms with Crippen molar-refractivity contribution in [2.24, 2.45) is 7.05 Å². The summed E-state index contributed by atoms with van der Waals surface area (Å²) in [7, 11) is 1.61. The van der Waals surface area contributed by atoms with Crippen molar-refractivity contribution in [3.8, 4) is 11.3 Å². The van der Waals surface area contributed by atoms with Crippen LogP contribution in [0.25, 0.3) is 11.3 Å². The Bertz CT molecular complexity index is 570. The van der Waals surface area contributed by atoms with E-state index in [0.29, 0.717) is 11.5 Å². The van der Waals surface area contributed by atoms with Crippen LogP contribution in [0.1, 0.15) is 5.56 Å². The molecule has 0 aliphatic carbocycles. The lowest BCUT2D eigenvalue weighted by Crippen LogP contribution is -2.05. The van der Waals surface area contributed by atoms with E-state index in [1.165, 1.54) is 16.8 Å². The monoisotopic (exact) mass is 275 g/mol. The molecule has 0 aliphatic rings. The van der Waals surface area contributed by atoms with E-state index in [1.807, 2.05) is 0 Å². The first-order chi connectivity index (χ1) is 8.27. The summed E-state index contributed by atoms with van der Waals surface area (Å²) in [5.41, 5.74) is 5.40. The molecule has 2 N–H and O–H groups in total. The van der Waals surface area contributed by atoms with Gasteiger partial charge in [0.2, 0.25) is 0 Å². The van der Waals surface area contributed by atoms with Gasteiger partial charge in [0.25, 0.3) is 0 Å². The molecule has 0 fully saturated rings. The zero-order chi connectivity index (χ0) is 13.5. The number of anilines is 1. The zero-order valence-electron chi connectivity index (χ0n) is 9.29. The van der Waals surface area contributed by atoms with Crippen molar-refractivity contribution in [2.75, 3.05) is 5.73 Å². The summed E-state index contributed by atoms with van der Waals surface area (Å²) in [5, 5.41) is 4.01. The second-order valence-electron chi connectivity index (χ2n) is 3.80. The Labute approximate surface area is 106 Å². The third-order valence-electron chi connectivity index (χ3n) is 2.44. The molecule has 0 atom stereocenters. The van der Waals surface area contributed by atoms with Gasteiger partial charge >= 0.3 is 6.18 Å². The van der Waals surface area contributed by atoms with Crippen LogP contribution in [0.4, 0.5) is 19.0 Å². The second kappa shape index (κ2) is 4.20. The van der Waals surface area contributed by atoms with Gasteiger partial charge in [0.15, 0.2) is 0 Å². The number of hydrogen-bond donors (Lipinski definition) is 1. The first-order valence-corrected chi connectivity index (χ1v) is 5.33. The van der Waals surface area contributed by atoms with Crippen LogP contribution in [0, 0.1) is 0 Å². The Morgan fingerprint density at radius 2 is 1.89 bits per heavy atom. The van der Waals surface area contributed by atoms with Gasteiger partial charge in [0.05, 0.1) is 11.3 Å². The van der Waals surface area contributed by atoms with Crippen molar-refractivity contribution in [3.63, 3.8) is 0 Å². The molecular formula is C11H9ClF3N3. The number of aromatic nitrogens is 2. The quantitative estimate of drug-likeness (QED) is 0.867. The van der Waals surface area contributed by atoms with Crippen molar-refractivity contribution >= 4 is 17.4 Å². The van der Waals surface area contributed by atoms with E-state index < -0.39 is 11.7 Å². The smallest absolute Gasteiger partial charge is 0.384 e. The lowest BCUT2D eigenvalue weighted by molar-refractivity contribution is -0.137. The fraction of sp³-hybridized carbons (Fsp3) is 0.182. The Morgan fingerprint density at radius 3 is 2.39 bits per heavy atom. The lowest BCUT2D eigenvalue weighted by Gasteiger charge is -2.08. The maximum atomic E-state index is 12.6. The van der Waals surface area contributed by atoms with E-state index in [0.717, 1.165) is 12.1 Å². The van der Waals surface area contributed by atoms with Crippen LogP contribution in [-0.4, -0.2) is 9.78 Å². The van der Waals surface area contributed by atoms with Gasteiger partial charge in [0.1, 0.15) is 5.82 Å². The minimum atomic E-state index is -4.44. The molecule has 1 heterocycles. The first-order valence-electron chi connectivity index (χ1n) is 4.95. The van der Waals surface area contributed by atoms with Gasteiger partial charge in [-0.25, -0.2) is 0 Å². The Balaban J connectivity index is 2.55. The zero-order valence-corrected chi connectivity index (χ0v) is 10.0.